The minimum atomic E-state index is -1.03. The van der Waals surface area contributed by atoms with Crippen molar-refractivity contribution < 1.29 is 19.0 Å². The number of primary amides is 1. The van der Waals surface area contributed by atoms with Crippen molar-refractivity contribution in [3.05, 3.63) is 75.0 Å². The van der Waals surface area contributed by atoms with Crippen LogP contribution < -0.4 is 11.3 Å². The Morgan fingerprint density at radius 3 is 2.62 bits per heavy atom. The van der Waals surface area contributed by atoms with Crippen LogP contribution in [0.1, 0.15) is 33.5 Å². The third-order valence-electron chi connectivity index (χ3n) is 4.87. The molecule has 0 aliphatic carbocycles. The van der Waals surface area contributed by atoms with Crippen molar-refractivity contribution in [2.75, 3.05) is 7.11 Å². The molecule has 1 amide bonds. The van der Waals surface area contributed by atoms with Crippen LogP contribution in [0.4, 0.5) is 4.39 Å². The number of fused-ring (bicyclic) bond motifs is 1. The van der Waals surface area contributed by atoms with Gasteiger partial charge in [-0.3, -0.25) is 14.6 Å². The van der Waals surface area contributed by atoms with E-state index in [-0.39, 0.29) is 24.2 Å². The van der Waals surface area contributed by atoms with E-state index in [1.807, 2.05) is 6.07 Å². The predicted octanol–water partition coefficient (Wildman–Crippen LogP) is 1.66. The number of nitrogens with two attached hydrogens (primary N) is 1. The zero-order chi connectivity index (χ0) is 21.1. The third kappa shape index (κ3) is 4.33. The van der Waals surface area contributed by atoms with Crippen LogP contribution in [-0.4, -0.2) is 34.0 Å². The fraction of sp³-hybridized carbons (Fsp3) is 0.286. The average Bonchev–Trinajstić information content (AvgIpc) is 2.70. The highest BCUT2D eigenvalue weighted by Crippen LogP contribution is 2.22. The molecule has 152 valence electrons. The largest absolute Gasteiger partial charge is 0.368 e. The van der Waals surface area contributed by atoms with Gasteiger partial charge < -0.3 is 20.1 Å². The highest BCUT2D eigenvalue weighted by Gasteiger charge is 2.21. The number of aliphatic hydroxyl groups excluding tert-OH is 1. The molecule has 3 rings (SSSR count). The van der Waals surface area contributed by atoms with Gasteiger partial charge >= 0.3 is 0 Å². The van der Waals surface area contributed by atoms with E-state index in [1.54, 1.807) is 25.4 Å². The highest BCUT2D eigenvalue weighted by atomic mass is 19.1. The summed E-state index contributed by atoms with van der Waals surface area (Å²) in [5.41, 5.74) is 7.92. The molecule has 3 aromatic rings. The second kappa shape index (κ2) is 8.50. The summed E-state index contributed by atoms with van der Waals surface area (Å²) in [6.07, 6.45) is 1.50. The van der Waals surface area contributed by atoms with E-state index in [4.69, 9.17) is 10.5 Å². The lowest BCUT2D eigenvalue weighted by Gasteiger charge is -2.15. The van der Waals surface area contributed by atoms with Gasteiger partial charge in [-0.05, 0) is 47.7 Å². The van der Waals surface area contributed by atoms with E-state index in [0.29, 0.717) is 23.0 Å². The van der Waals surface area contributed by atoms with E-state index < -0.39 is 17.8 Å². The first kappa shape index (κ1) is 20.6. The van der Waals surface area contributed by atoms with Crippen molar-refractivity contribution in [3.8, 4) is 0 Å². The smallest absolute Gasteiger partial charge is 0.264 e. The molecule has 2 aromatic heterocycles. The Labute approximate surface area is 166 Å². The third-order valence-corrected chi connectivity index (χ3v) is 4.87. The second-order valence-electron chi connectivity index (χ2n) is 6.83. The number of carbonyl (C=O) groups is 1. The molecule has 2 heterocycles. The molecule has 3 N–H and O–H groups in total. The highest BCUT2D eigenvalue weighted by molar-refractivity contribution is 5.98. The molecule has 8 heteroatoms. The zero-order valence-electron chi connectivity index (χ0n) is 16.2. The second-order valence-corrected chi connectivity index (χ2v) is 6.83. The van der Waals surface area contributed by atoms with Gasteiger partial charge in [0.1, 0.15) is 11.4 Å². The van der Waals surface area contributed by atoms with Crippen molar-refractivity contribution in [3.63, 3.8) is 0 Å². The lowest BCUT2D eigenvalue weighted by molar-refractivity contribution is -0.0777. The number of methoxy groups -OCH3 is 1. The zero-order valence-corrected chi connectivity index (χ0v) is 16.2. The average molecular weight is 399 g/mol. The van der Waals surface area contributed by atoms with E-state index in [2.05, 4.69) is 4.98 Å². The predicted molar refractivity (Wildman–Crippen MR) is 106 cm³/mol. The summed E-state index contributed by atoms with van der Waals surface area (Å²) in [6.45, 7) is 0. The molecule has 0 fully saturated rings. The number of nitrogens with zero attached hydrogens (tertiary/aromatic N) is 2. The van der Waals surface area contributed by atoms with Gasteiger partial charge in [-0.15, -0.1) is 0 Å². The van der Waals surface area contributed by atoms with Gasteiger partial charge in [-0.1, -0.05) is 12.1 Å². The summed E-state index contributed by atoms with van der Waals surface area (Å²) in [6, 6.07) is 7.96. The molecule has 0 spiro atoms. The minimum absolute atomic E-state index is 0.137. The first-order valence-electron chi connectivity index (χ1n) is 9.07. The van der Waals surface area contributed by atoms with Crippen LogP contribution in [0.15, 0.2) is 41.3 Å². The molecule has 29 heavy (non-hydrogen) atoms. The Balaban J connectivity index is 2.11. The van der Waals surface area contributed by atoms with Crippen LogP contribution >= 0.6 is 0 Å². The summed E-state index contributed by atoms with van der Waals surface area (Å²) in [7, 11) is 2.91. The number of benzene rings is 1. The summed E-state index contributed by atoms with van der Waals surface area (Å²) in [5.74, 6) is -1.15. The van der Waals surface area contributed by atoms with E-state index in [9.17, 15) is 19.1 Å². The Hall–Kier alpha value is -3.10. The van der Waals surface area contributed by atoms with Gasteiger partial charge in [0.15, 0.2) is 6.29 Å². The number of carbonyl (C=O) groups excluding carboxylic acids is 1. The molecular formula is C21H22FN3O4. The number of pyridine rings is 2. The van der Waals surface area contributed by atoms with E-state index in [0.717, 1.165) is 11.1 Å². The number of aliphatic hydroxyl groups is 1. The molecule has 1 unspecified atom stereocenters. The number of hydrogen-bond acceptors (Lipinski definition) is 5. The number of halogens is 1. The van der Waals surface area contributed by atoms with Crippen LogP contribution in [0.3, 0.4) is 0 Å². The van der Waals surface area contributed by atoms with Crippen LogP contribution in [0, 0.1) is 5.82 Å². The van der Waals surface area contributed by atoms with Gasteiger partial charge in [0.05, 0.1) is 11.0 Å². The van der Waals surface area contributed by atoms with Gasteiger partial charge in [-0.25, -0.2) is 4.39 Å². The summed E-state index contributed by atoms with van der Waals surface area (Å²) < 4.78 is 19.3. The normalized spacial score (nSPS) is 12.3. The number of aryl methyl sites for hydroxylation is 2. The molecule has 0 bridgehead atoms. The van der Waals surface area contributed by atoms with Crippen molar-refractivity contribution in [1.82, 2.24) is 9.55 Å². The summed E-state index contributed by atoms with van der Waals surface area (Å²) in [5, 5.41) is 9.70. The Kier molecular flexibility index (Phi) is 6.05. The van der Waals surface area contributed by atoms with Crippen LogP contribution in [0.25, 0.3) is 11.0 Å². The maximum atomic E-state index is 13.1. The number of aromatic nitrogens is 2. The molecule has 1 atom stereocenters. The Morgan fingerprint density at radius 1 is 1.31 bits per heavy atom. The standard InChI is InChI=1S/C21H22FN3O4/c1-25-16-10-13(9-12-3-5-14(22)6-4-12)11-24-19(16)15(7-8-17(26)29-2)18(20(23)27)21(25)28/h3-6,10-11,17,26H,7-9H2,1-2H3,(H2,23,27). The molecule has 0 aliphatic heterocycles. The number of amides is 1. The lowest BCUT2D eigenvalue weighted by Crippen LogP contribution is -2.31. The van der Waals surface area contributed by atoms with E-state index in [1.165, 1.54) is 23.8 Å². The molecule has 0 saturated carbocycles. The molecule has 0 radical (unpaired) electrons. The number of hydrogen-bond donors (Lipinski definition) is 2. The minimum Gasteiger partial charge on any atom is -0.368 e. The molecule has 0 saturated heterocycles. The molecule has 0 aliphatic rings. The van der Waals surface area contributed by atoms with E-state index >= 15 is 0 Å². The molecule has 1 aromatic carbocycles. The fourth-order valence-corrected chi connectivity index (χ4v) is 3.33. The molecular weight excluding hydrogens is 377 g/mol. The van der Waals surface area contributed by atoms with Crippen molar-refractivity contribution in [1.29, 1.82) is 0 Å². The van der Waals surface area contributed by atoms with Crippen molar-refractivity contribution in [2.24, 2.45) is 12.8 Å². The quantitative estimate of drug-likeness (QED) is 0.588. The van der Waals surface area contributed by atoms with Gasteiger partial charge in [0.2, 0.25) is 0 Å². The molecule has 7 nitrogen and oxygen atoms in total. The van der Waals surface area contributed by atoms with Crippen molar-refractivity contribution in [2.45, 2.75) is 25.6 Å². The van der Waals surface area contributed by atoms with Crippen LogP contribution in [-0.2, 0) is 24.6 Å². The van der Waals surface area contributed by atoms with Crippen LogP contribution in [0.2, 0.25) is 0 Å². The Morgan fingerprint density at radius 2 is 2.00 bits per heavy atom. The van der Waals surface area contributed by atoms with Crippen LogP contribution in [0.5, 0.6) is 0 Å². The maximum Gasteiger partial charge on any atom is 0.264 e. The van der Waals surface area contributed by atoms with Gasteiger partial charge in [-0.2, -0.15) is 0 Å². The first-order valence-corrected chi connectivity index (χ1v) is 9.07. The van der Waals surface area contributed by atoms with Gasteiger partial charge in [0.25, 0.3) is 11.5 Å². The summed E-state index contributed by atoms with van der Waals surface area (Å²) >= 11 is 0. The lowest BCUT2D eigenvalue weighted by atomic mass is 9.99. The fourth-order valence-electron chi connectivity index (χ4n) is 3.33. The number of ether oxygens (including phenoxy) is 1. The Bertz CT molecular complexity index is 1110. The summed E-state index contributed by atoms with van der Waals surface area (Å²) in [4.78, 5) is 29.2. The topological polar surface area (TPSA) is 107 Å². The SMILES string of the molecule is COC(O)CCc1c(C(N)=O)c(=O)n(C)c2cc(Cc3ccc(F)cc3)cnc12. The maximum absolute atomic E-state index is 13.1. The monoisotopic (exact) mass is 399 g/mol. The van der Waals surface area contributed by atoms with Gasteiger partial charge in [0, 0.05) is 26.8 Å². The number of rotatable bonds is 7. The van der Waals surface area contributed by atoms with Crippen molar-refractivity contribution >= 4 is 16.9 Å². The first-order chi connectivity index (χ1) is 13.8.